The average molecular weight is 385 g/mol. The largest absolute Gasteiger partial charge is 0.497 e. The van der Waals surface area contributed by atoms with Gasteiger partial charge in [-0.05, 0) is 43.3 Å². The highest BCUT2D eigenvalue weighted by molar-refractivity contribution is 7.99. The summed E-state index contributed by atoms with van der Waals surface area (Å²) in [5.41, 5.74) is 2.88. The minimum atomic E-state index is -0.152. The number of carbonyl (C=O) groups excluding carboxylic acids is 1. The maximum Gasteiger partial charge on any atom is 0.237 e. The molecular weight excluding hydrogens is 364 g/mol. The van der Waals surface area contributed by atoms with Crippen LogP contribution in [0.5, 0.6) is 5.75 Å². The third kappa shape index (κ3) is 4.86. The number of nitrogens with zero attached hydrogens (tertiary/aromatic N) is 1. The van der Waals surface area contributed by atoms with Gasteiger partial charge in [-0.2, -0.15) is 0 Å². The molecule has 0 fully saturated rings. The van der Waals surface area contributed by atoms with Crippen LogP contribution in [0.1, 0.15) is 12.6 Å². The standard InChI is InChI=1S/C20H20N2O2S2/c1-14(19(23)21-16-6-4-3-5-7-16)25-12-17-13-26-20(22-17)15-8-10-18(24-2)11-9-15/h3-11,13-14H,12H2,1-2H3,(H,21,23)/t14-/m0/s1. The van der Waals surface area contributed by atoms with Crippen molar-refractivity contribution in [2.75, 3.05) is 12.4 Å². The van der Waals surface area contributed by atoms with Gasteiger partial charge in [0, 0.05) is 22.4 Å². The number of nitrogens with one attached hydrogen (secondary N) is 1. The first-order valence-electron chi connectivity index (χ1n) is 8.22. The minimum Gasteiger partial charge on any atom is -0.497 e. The van der Waals surface area contributed by atoms with Gasteiger partial charge in [0.1, 0.15) is 10.8 Å². The fraction of sp³-hybridized carbons (Fsp3) is 0.200. The molecule has 1 atom stereocenters. The fourth-order valence-corrected chi connectivity index (χ4v) is 4.00. The molecule has 1 amide bonds. The lowest BCUT2D eigenvalue weighted by Crippen LogP contribution is -2.22. The molecule has 3 rings (SSSR count). The Morgan fingerprint density at radius 2 is 1.92 bits per heavy atom. The van der Waals surface area contributed by atoms with E-state index in [1.54, 1.807) is 30.2 Å². The summed E-state index contributed by atoms with van der Waals surface area (Å²) in [6.07, 6.45) is 0. The van der Waals surface area contributed by atoms with Crippen LogP contribution < -0.4 is 10.1 Å². The zero-order valence-corrected chi connectivity index (χ0v) is 16.3. The second-order valence-electron chi connectivity index (χ2n) is 5.68. The van der Waals surface area contributed by atoms with E-state index in [4.69, 9.17) is 4.74 Å². The van der Waals surface area contributed by atoms with E-state index >= 15 is 0 Å². The normalized spacial score (nSPS) is 11.8. The first-order valence-corrected chi connectivity index (χ1v) is 10.1. The molecule has 0 aliphatic heterocycles. The van der Waals surface area contributed by atoms with Gasteiger partial charge in [-0.25, -0.2) is 4.98 Å². The maximum absolute atomic E-state index is 12.3. The number of methoxy groups -OCH3 is 1. The van der Waals surface area contributed by atoms with Gasteiger partial charge in [0.15, 0.2) is 0 Å². The molecule has 0 saturated heterocycles. The first kappa shape index (κ1) is 18.5. The molecule has 0 saturated carbocycles. The summed E-state index contributed by atoms with van der Waals surface area (Å²) in [5, 5.41) is 5.81. The molecule has 3 aromatic rings. The van der Waals surface area contributed by atoms with E-state index in [1.807, 2.05) is 66.9 Å². The van der Waals surface area contributed by atoms with Gasteiger partial charge in [-0.3, -0.25) is 4.79 Å². The summed E-state index contributed by atoms with van der Waals surface area (Å²) in [5.74, 6) is 1.54. The van der Waals surface area contributed by atoms with Crippen molar-refractivity contribution in [1.29, 1.82) is 0 Å². The van der Waals surface area contributed by atoms with Gasteiger partial charge in [-0.15, -0.1) is 23.1 Å². The van der Waals surface area contributed by atoms with Crippen molar-refractivity contribution in [3.63, 3.8) is 0 Å². The number of thiazole rings is 1. The molecule has 0 aliphatic carbocycles. The molecule has 26 heavy (non-hydrogen) atoms. The minimum absolute atomic E-state index is 0.00630. The molecule has 1 aromatic heterocycles. The number of aromatic nitrogens is 1. The van der Waals surface area contributed by atoms with Gasteiger partial charge in [-0.1, -0.05) is 18.2 Å². The zero-order chi connectivity index (χ0) is 18.4. The number of para-hydroxylation sites is 1. The van der Waals surface area contributed by atoms with Crippen LogP contribution >= 0.6 is 23.1 Å². The van der Waals surface area contributed by atoms with Gasteiger partial charge in [0.2, 0.25) is 5.91 Å². The lowest BCUT2D eigenvalue weighted by Gasteiger charge is -2.11. The van der Waals surface area contributed by atoms with E-state index in [0.717, 1.165) is 27.7 Å². The first-order chi connectivity index (χ1) is 12.7. The lowest BCUT2D eigenvalue weighted by molar-refractivity contribution is -0.115. The van der Waals surface area contributed by atoms with Crippen molar-refractivity contribution < 1.29 is 9.53 Å². The van der Waals surface area contributed by atoms with Gasteiger partial charge < -0.3 is 10.1 Å². The van der Waals surface area contributed by atoms with Crippen molar-refractivity contribution in [2.24, 2.45) is 0 Å². The molecule has 0 spiro atoms. The molecular formula is C20H20N2O2S2. The van der Waals surface area contributed by atoms with Crippen molar-refractivity contribution in [1.82, 2.24) is 4.98 Å². The highest BCUT2D eigenvalue weighted by Gasteiger charge is 2.15. The summed E-state index contributed by atoms with van der Waals surface area (Å²) in [6.45, 7) is 1.92. The molecule has 0 bridgehead atoms. The Hall–Kier alpha value is -2.31. The fourth-order valence-electron chi connectivity index (χ4n) is 2.29. The number of anilines is 1. The summed E-state index contributed by atoms with van der Waals surface area (Å²) < 4.78 is 5.18. The van der Waals surface area contributed by atoms with E-state index < -0.39 is 0 Å². The van der Waals surface area contributed by atoms with Gasteiger partial charge in [0.05, 0.1) is 18.1 Å². The van der Waals surface area contributed by atoms with E-state index in [2.05, 4.69) is 10.3 Å². The Morgan fingerprint density at radius 3 is 2.62 bits per heavy atom. The van der Waals surface area contributed by atoms with Crippen LogP contribution in [0.2, 0.25) is 0 Å². The van der Waals surface area contributed by atoms with Crippen LogP contribution in [0.25, 0.3) is 10.6 Å². The quantitative estimate of drug-likeness (QED) is 0.617. The van der Waals surface area contributed by atoms with Crippen LogP contribution in [0.4, 0.5) is 5.69 Å². The van der Waals surface area contributed by atoms with Crippen LogP contribution in [-0.4, -0.2) is 23.3 Å². The molecule has 6 heteroatoms. The number of hydrogen-bond donors (Lipinski definition) is 1. The molecule has 134 valence electrons. The Balaban J connectivity index is 1.54. The van der Waals surface area contributed by atoms with E-state index in [9.17, 15) is 4.79 Å². The summed E-state index contributed by atoms with van der Waals surface area (Å²) in [4.78, 5) is 16.9. The van der Waals surface area contributed by atoms with Crippen LogP contribution in [-0.2, 0) is 10.5 Å². The molecule has 2 aromatic carbocycles. The zero-order valence-electron chi connectivity index (χ0n) is 14.6. The predicted molar refractivity (Wildman–Crippen MR) is 110 cm³/mol. The molecule has 0 radical (unpaired) electrons. The molecule has 0 aliphatic rings. The lowest BCUT2D eigenvalue weighted by atomic mass is 10.2. The molecule has 1 heterocycles. The third-order valence-electron chi connectivity index (χ3n) is 3.78. The molecule has 0 unspecified atom stereocenters. The van der Waals surface area contributed by atoms with Crippen molar-refractivity contribution in [2.45, 2.75) is 17.9 Å². The number of carbonyl (C=O) groups is 1. The SMILES string of the molecule is COc1ccc(-c2nc(CS[C@@H](C)C(=O)Nc3ccccc3)cs2)cc1. The second kappa shape index (κ2) is 8.87. The highest BCUT2D eigenvalue weighted by Crippen LogP contribution is 2.28. The van der Waals surface area contributed by atoms with Crippen LogP contribution in [0.15, 0.2) is 60.0 Å². The Bertz CT molecular complexity index is 848. The Labute approximate surface area is 161 Å². The van der Waals surface area contributed by atoms with E-state index in [-0.39, 0.29) is 11.2 Å². The number of ether oxygens (including phenoxy) is 1. The number of thioether (sulfide) groups is 1. The molecule has 1 N–H and O–H groups in total. The van der Waals surface area contributed by atoms with Gasteiger partial charge >= 0.3 is 0 Å². The van der Waals surface area contributed by atoms with E-state index in [1.165, 1.54) is 0 Å². The van der Waals surface area contributed by atoms with Crippen molar-refractivity contribution in [3.05, 3.63) is 65.7 Å². The smallest absolute Gasteiger partial charge is 0.237 e. The average Bonchev–Trinajstić information content (AvgIpc) is 3.16. The highest BCUT2D eigenvalue weighted by atomic mass is 32.2. The second-order valence-corrected chi connectivity index (χ2v) is 7.87. The summed E-state index contributed by atoms with van der Waals surface area (Å²) in [6, 6.07) is 17.4. The molecule has 4 nitrogen and oxygen atoms in total. The van der Waals surface area contributed by atoms with Crippen molar-refractivity contribution in [3.8, 4) is 16.3 Å². The summed E-state index contributed by atoms with van der Waals surface area (Å²) in [7, 11) is 1.66. The maximum atomic E-state index is 12.3. The van der Waals surface area contributed by atoms with Gasteiger partial charge in [0.25, 0.3) is 0 Å². The van der Waals surface area contributed by atoms with Crippen LogP contribution in [0, 0.1) is 0 Å². The van der Waals surface area contributed by atoms with E-state index in [0.29, 0.717) is 5.75 Å². The Morgan fingerprint density at radius 1 is 1.19 bits per heavy atom. The monoisotopic (exact) mass is 384 g/mol. The Kier molecular flexibility index (Phi) is 6.30. The van der Waals surface area contributed by atoms with Crippen molar-refractivity contribution >= 4 is 34.7 Å². The third-order valence-corrected chi connectivity index (χ3v) is 5.90. The number of rotatable bonds is 7. The number of amides is 1. The number of hydrogen-bond acceptors (Lipinski definition) is 5. The van der Waals surface area contributed by atoms with Crippen LogP contribution in [0.3, 0.4) is 0 Å². The summed E-state index contributed by atoms with van der Waals surface area (Å²) >= 11 is 3.20. The predicted octanol–water partition coefficient (Wildman–Crippen LogP) is 5.08. The topological polar surface area (TPSA) is 51.2 Å². The number of benzene rings is 2.